The van der Waals surface area contributed by atoms with E-state index in [2.05, 4.69) is 24.2 Å². The van der Waals surface area contributed by atoms with Crippen molar-refractivity contribution in [3.63, 3.8) is 0 Å². The second-order valence-corrected chi connectivity index (χ2v) is 8.75. The van der Waals surface area contributed by atoms with Crippen LogP contribution in [-0.4, -0.2) is 45.8 Å². The van der Waals surface area contributed by atoms with E-state index in [9.17, 15) is 9.59 Å². The Morgan fingerprint density at radius 1 is 1.06 bits per heavy atom. The van der Waals surface area contributed by atoms with Gasteiger partial charge in [0, 0.05) is 35.7 Å². The zero-order valence-electron chi connectivity index (χ0n) is 19.2. The van der Waals surface area contributed by atoms with E-state index in [-0.39, 0.29) is 5.91 Å². The SMILES string of the molecule is CCOC(=O)c1nn(-c2ccc(C(=O)N3CCCCC3CC)cc2)c2c1Cc1ccccc1-2. The molecule has 0 radical (unpaired) electrons. The maximum absolute atomic E-state index is 13.2. The first-order valence-corrected chi connectivity index (χ1v) is 11.9. The summed E-state index contributed by atoms with van der Waals surface area (Å²) in [6.45, 7) is 5.08. The number of rotatable bonds is 5. The molecule has 1 atom stereocenters. The molecule has 1 aromatic heterocycles. The van der Waals surface area contributed by atoms with Crippen LogP contribution in [0.5, 0.6) is 0 Å². The van der Waals surface area contributed by atoms with E-state index < -0.39 is 5.97 Å². The summed E-state index contributed by atoms with van der Waals surface area (Å²) in [5.41, 5.74) is 5.95. The van der Waals surface area contributed by atoms with Crippen LogP contribution in [-0.2, 0) is 11.2 Å². The number of hydrogen-bond donors (Lipinski definition) is 0. The van der Waals surface area contributed by atoms with E-state index in [1.807, 2.05) is 46.0 Å². The summed E-state index contributed by atoms with van der Waals surface area (Å²) < 4.78 is 7.09. The Morgan fingerprint density at radius 2 is 1.85 bits per heavy atom. The van der Waals surface area contributed by atoms with Gasteiger partial charge in [-0.3, -0.25) is 4.79 Å². The van der Waals surface area contributed by atoms with Gasteiger partial charge in [0.15, 0.2) is 5.69 Å². The molecule has 2 aliphatic rings. The van der Waals surface area contributed by atoms with Gasteiger partial charge >= 0.3 is 5.97 Å². The van der Waals surface area contributed by atoms with Crippen molar-refractivity contribution >= 4 is 11.9 Å². The number of aromatic nitrogens is 2. The highest BCUT2D eigenvalue weighted by atomic mass is 16.5. The average molecular weight is 444 g/mol. The van der Waals surface area contributed by atoms with Crippen LogP contribution in [0.25, 0.3) is 16.9 Å². The summed E-state index contributed by atoms with van der Waals surface area (Å²) in [6.07, 6.45) is 4.98. The highest BCUT2D eigenvalue weighted by molar-refractivity contribution is 5.95. The van der Waals surface area contributed by atoms with Crippen molar-refractivity contribution in [1.29, 1.82) is 0 Å². The smallest absolute Gasteiger partial charge is 0.359 e. The van der Waals surface area contributed by atoms with E-state index in [0.29, 0.717) is 30.3 Å². The summed E-state index contributed by atoms with van der Waals surface area (Å²) in [5, 5.41) is 4.66. The normalized spacial score (nSPS) is 16.9. The Labute approximate surface area is 194 Å². The summed E-state index contributed by atoms with van der Waals surface area (Å²) in [6, 6.07) is 16.1. The summed E-state index contributed by atoms with van der Waals surface area (Å²) in [7, 11) is 0. The van der Waals surface area contributed by atoms with Gasteiger partial charge in [-0.1, -0.05) is 31.2 Å². The number of nitrogens with zero attached hydrogens (tertiary/aromatic N) is 3. The fourth-order valence-corrected chi connectivity index (χ4v) is 5.14. The number of piperidine rings is 1. The number of amides is 1. The molecular weight excluding hydrogens is 414 g/mol. The van der Waals surface area contributed by atoms with Crippen molar-refractivity contribution in [2.45, 2.75) is 52.0 Å². The molecule has 0 saturated carbocycles. The second-order valence-electron chi connectivity index (χ2n) is 8.75. The minimum absolute atomic E-state index is 0.0938. The van der Waals surface area contributed by atoms with Crippen molar-refractivity contribution in [2.75, 3.05) is 13.2 Å². The first kappa shape index (κ1) is 21.4. The maximum atomic E-state index is 13.2. The van der Waals surface area contributed by atoms with Crippen molar-refractivity contribution in [3.8, 4) is 16.9 Å². The Bertz CT molecular complexity index is 1200. The second kappa shape index (κ2) is 8.85. The largest absolute Gasteiger partial charge is 0.461 e. The van der Waals surface area contributed by atoms with E-state index in [1.54, 1.807) is 6.92 Å². The number of carbonyl (C=O) groups is 2. The van der Waals surface area contributed by atoms with Crippen LogP contribution >= 0.6 is 0 Å². The summed E-state index contributed by atoms with van der Waals surface area (Å²) in [4.78, 5) is 27.8. The fourth-order valence-electron chi connectivity index (χ4n) is 5.14. The number of carbonyl (C=O) groups excluding carboxylic acids is 2. The number of esters is 1. The molecular formula is C27H29N3O3. The Morgan fingerprint density at radius 3 is 2.61 bits per heavy atom. The molecule has 1 amide bonds. The fraction of sp³-hybridized carbons (Fsp3) is 0.370. The lowest BCUT2D eigenvalue weighted by Crippen LogP contribution is -2.43. The lowest BCUT2D eigenvalue weighted by atomic mass is 9.99. The van der Waals surface area contributed by atoms with Gasteiger partial charge in [0.25, 0.3) is 5.91 Å². The highest BCUT2D eigenvalue weighted by Crippen LogP contribution is 2.40. The van der Waals surface area contributed by atoms with Crippen LogP contribution < -0.4 is 0 Å². The maximum Gasteiger partial charge on any atom is 0.359 e. The van der Waals surface area contributed by atoms with E-state index in [0.717, 1.165) is 48.3 Å². The van der Waals surface area contributed by atoms with Gasteiger partial charge in [0.2, 0.25) is 0 Å². The third kappa shape index (κ3) is 3.73. The van der Waals surface area contributed by atoms with Gasteiger partial charge in [0.1, 0.15) is 0 Å². The molecule has 0 spiro atoms. The molecule has 1 unspecified atom stereocenters. The zero-order chi connectivity index (χ0) is 22.9. The number of ether oxygens (including phenoxy) is 1. The predicted octanol–water partition coefficient (Wildman–Crippen LogP) is 5.02. The Hall–Kier alpha value is -3.41. The van der Waals surface area contributed by atoms with Crippen molar-refractivity contribution in [3.05, 3.63) is 70.9 Å². The van der Waals surface area contributed by atoms with Gasteiger partial charge < -0.3 is 9.64 Å². The molecule has 0 N–H and O–H groups in total. The predicted molar refractivity (Wildman–Crippen MR) is 127 cm³/mol. The molecule has 1 saturated heterocycles. The Kier molecular flexibility index (Phi) is 5.75. The van der Waals surface area contributed by atoms with Crippen LogP contribution in [0, 0.1) is 0 Å². The van der Waals surface area contributed by atoms with Crippen LogP contribution in [0.4, 0.5) is 0 Å². The van der Waals surface area contributed by atoms with Crippen molar-refractivity contribution in [2.24, 2.45) is 0 Å². The minimum Gasteiger partial charge on any atom is -0.461 e. The third-order valence-electron chi connectivity index (χ3n) is 6.81. The van der Waals surface area contributed by atoms with Gasteiger partial charge in [0.05, 0.1) is 18.0 Å². The first-order valence-electron chi connectivity index (χ1n) is 11.9. The topological polar surface area (TPSA) is 64.4 Å². The minimum atomic E-state index is -0.400. The number of benzene rings is 2. The molecule has 1 aliphatic carbocycles. The van der Waals surface area contributed by atoms with Gasteiger partial charge in [-0.25, -0.2) is 9.48 Å². The molecule has 1 aliphatic heterocycles. The van der Waals surface area contributed by atoms with E-state index in [1.165, 1.54) is 12.0 Å². The van der Waals surface area contributed by atoms with Crippen molar-refractivity contribution in [1.82, 2.24) is 14.7 Å². The lowest BCUT2D eigenvalue weighted by Gasteiger charge is -2.35. The van der Waals surface area contributed by atoms with Gasteiger partial charge in [-0.15, -0.1) is 0 Å². The molecule has 6 nitrogen and oxygen atoms in total. The summed E-state index contributed by atoms with van der Waals surface area (Å²) >= 11 is 0. The average Bonchev–Trinajstić information content (AvgIpc) is 3.41. The first-order chi connectivity index (χ1) is 16.1. The Balaban J connectivity index is 1.51. The zero-order valence-corrected chi connectivity index (χ0v) is 19.2. The number of hydrogen-bond acceptors (Lipinski definition) is 4. The van der Waals surface area contributed by atoms with Crippen molar-refractivity contribution < 1.29 is 14.3 Å². The molecule has 2 aromatic carbocycles. The molecule has 33 heavy (non-hydrogen) atoms. The van der Waals surface area contributed by atoms with Gasteiger partial charge in [-0.05, 0) is 62.4 Å². The molecule has 2 heterocycles. The number of likely N-dealkylation sites (tertiary alicyclic amines) is 1. The standard InChI is InChI=1S/C27H29N3O3/c1-3-20-10-7-8-16-29(20)26(31)18-12-14-21(15-13-18)30-25-22-11-6-5-9-19(22)17-23(25)24(28-30)27(32)33-4-2/h5-6,9,11-15,20H,3-4,7-8,10,16-17H2,1-2H3. The molecule has 0 bridgehead atoms. The monoisotopic (exact) mass is 443 g/mol. The number of fused-ring (bicyclic) bond motifs is 3. The summed E-state index contributed by atoms with van der Waals surface area (Å²) in [5.74, 6) is -0.306. The van der Waals surface area contributed by atoms with Gasteiger partial charge in [-0.2, -0.15) is 5.10 Å². The molecule has 1 fully saturated rings. The van der Waals surface area contributed by atoms with E-state index >= 15 is 0 Å². The molecule has 170 valence electrons. The van der Waals surface area contributed by atoms with E-state index in [4.69, 9.17) is 4.74 Å². The lowest BCUT2D eigenvalue weighted by molar-refractivity contribution is 0.0517. The molecule has 6 heteroatoms. The third-order valence-corrected chi connectivity index (χ3v) is 6.81. The van der Waals surface area contributed by atoms with Crippen LogP contribution in [0.2, 0.25) is 0 Å². The van der Waals surface area contributed by atoms with Crippen LogP contribution in [0.3, 0.4) is 0 Å². The highest BCUT2D eigenvalue weighted by Gasteiger charge is 2.32. The van der Waals surface area contributed by atoms with Crippen LogP contribution in [0.1, 0.15) is 71.5 Å². The quantitative estimate of drug-likeness (QED) is 0.406. The molecule has 3 aromatic rings. The molecule has 5 rings (SSSR count). The van der Waals surface area contributed by atoms with Crippen LogP contribution in [0.15, 0.2) is 48.5 Å².